The van der Waals surface area contributed by atoms with E-state index in [4.69, 9.17) is 5.11 Å². The Labute approximate surface area is 101 Å². The zero-order chi connectivity index (χ0) is 12.1. The van der Waals surface area contributed by atoms with Gasteiger partial charge >= 0.3 is 6.03 Å². The van der Waals surface area contributed by atoms with Gasteiger partial charge in [-0.3, -0.25) is 0 Å². The number of aromatic hydroxyl groups is 1. The highest BCUT2D eigenvalue weighted by molar-refractivity contribution is 5.89. The molecule has 1 heterocycles. The summed E-state index contributed by atoms with van der Waals surface area (Å²) in [4.78, 5) is 13.8. The van der Waals surface area contributed by atoms with Crippen LogP contribution >= 0.6 is 0 Å². The number of nitrogens with one attached hydrogen (secondary N) is 1. The summed E-state index contributed by atoms with van der Waals surface area (Å²) in [7, 11) is 0. The first-order valence-electron chi connectivity index (χ1n) is 6.11. The number of hydrogen-bond acceptors (Lipinski definition) is 2. The van der Waals surface area contributed by atoms with Crippen LogP contribution in [0.2, 0.25) is 0 Å². The van der Waals surface area contributed by atoms with E-state index in [1.54, 1.807) is 24.3 Å². The Balaban J connectivity index is 1.93. The van der Waals surface area contributed by atoms with Crippen molar-refractivity contribution in [1.82, 2.24) is 4.90 Å². The first kappa shape index (κ1) is 11.8. The lowest BCUT2D eigenvalue weighted by Gasteiger charge is -2.20. The Morgan fingerprint density at radius 3 is 2.24 bits per heavy atom. The number of hydrogen-bond donors (Lipinski definition) is 2. The van der Waals surface area contributed by atoms with Crippen molar-refractivity contribution in [3.8, 4) is 5.75 Å². The van der Waals surface area contributed by atoms with E-state index in [2.05, 4.69) is 5.32 Å². The molecule has 92 valence electrons. The first-order valence-corrected chi connectivity index (χ1v) is 6.11. The van der Waals surface area contributed by atoms with Crippen LogP contribution in [-0.4, -0.2) is 29.1 Å². The van der Waals surface area contributed by atoms with Crippen molar-refractivity contribution in [3.63, 3.8) is 0 Å². The molecule has 2 amide bonds. The van der Waals surface area contributed by atoms with Crippen LogP contribution in [0.4, 0.5) is 10.5 Å². The van der Waals surface area contributed by atoms with Gasteiger partial charge in [-0.2, -0.15) is 0 Å². The predicted octanol–water partition coefficient (Wildman–Crippen LogP) is 2.80. The fraction of sp³-hybridized carbons (Fsp3) is 0.462. The minimum Gasteiger partial charge on any atom is -0.508 e. The molecule has 0 aliphatic carbocycles. The van der Waals surface area contributed by atoms with E-state index in [1.807, 2.05) is 4.90 Å². The van der Waals surface area contributed by atoms with E-state index in [-0.39, 0.29) is 11.8 Å². The summed E-state index contributed by atoms with van der Waals surface area (Å²) >= 11 is 0. The minimum atomic E-state index is -0.0439. The van der Waals surface area contributed by atoms with Crippen molar-refractivity contribution in [2.75, 3.05) is 18.4 Å². The predicted molar refractivity (Wildman–Crippen MR) is 67.2 cm³/mol. The molecular weight excluding hydrogens is 216 g/mol. The molecule has 0 bridgehead atoms. The topological polar surface area (TPSA) is 52.6 Å². The molecule has 0 atom stereocenters. The number of amides is 2. The maximum Gasteiger partial charge on any atom is 0.321 e. The summed E-state index contributed by atoms with van der Waals surface area (Å²) in [6.07, 6.45) is 4.60. The lowest BCUT2D eigenvalue weighted by atomic mass is 10.2. The molecule has 1 aromatic rings. The van der Waals surface area contributed by atoms with Gasteiger partial charge in [0.2, 0.25) is 0 Å². The van der Waals surface area contributed by atoms with E-state index in [1.165, 1.54) is 12.8 Å². The highest BCUT2D eigenvalue weighted by Crippen LogP contribution is 2.15. The lowest BCUT2D eigenvalue weighted by Crippen LogP contribution is -2.35. The van der Waals surface area contributed by atoms with Gasteiger partial charge in [0.15, 0.2) is 0 Å². The van der Waals surface area contributed by atoms with Crippen molar-refractivity contribution in [2.24, 2.45) is 0 Å². The molecule has 4 nitrogen and oxygen atoms in total. The summed E-state index contributed by atoms with van der Waals surface area (Å²) in [6.45, 7) is 1.67. The van der Waals surface area contributed by atoms with Crippen molar-refractivity contribution in [1.29, 1.82) is 0 Å². The monoisotopic (exact) mass is 234 g/mol. The van der Waals surface area contributed by atoms with Crippen molar-refractivity contribution in [3.05, 3.63) is 24.3 Å². The molecular formula is C13H18N2O2. The van der Waals surface area contributed by atoms with Crippen LogP contribution in [0.15, 0.2) is 24.3 Å². The Hall–Kier alpha value is -1.71. The molecule has 4 heteroatoms. The number of benzene rings is 1. The first-order chi connectivity index (χ1) is 8.25. The van der Waals surface area contributed by atoms with Crippen molar-refractivity contribution >= 4 is 11.7 Å². The third-order valence-electron chi connectivity index (χ3n) is 3.01. The number of carbonyl (C=O) groups is 1. The molecule has 0 aromatic heterocycles. The molecule has 0 radical (unpaired) electrons. The van der Waals surface area contributed by atoms with Gasteiger partial charge in [-0.15, -0.1) is 0 Å². The highest BCUT2D eigenvalue weighted by atomic mass is 16.3. The Morgan fingerprint density at radius 1 is 1.06 bits per heavy atom. The average molecular weight is 234 g/mol. The molecule has 1 aliphatic rings. The maximum absolute atomic E-state index is 12.0. The summed E-state index contributed by atoms with van der Waals surface area (Å²) in [5.74, 6) is 0.206. The van der Waals surface area contributed by atoms with Gasteiger partial charge in [-0.25, -0.2) is 4.79 Å². The molecule has 2 N–H and O–H groups in total. The van der Waals surface area contributed by atoms with Gasteiger partial charge < -0.3 is 15.3 Å². The van der Waals surface area contributed by atoms with Crippen LogP contribution in [0.1, 0.15) is 25.7 Å². The summed E-state index contributed by atoms with van der Waals surface area (Å²) < 4.78 is 0. The van der Waals surface area contributed by atoms with Crippen LogP contribution in [0, 0.1) is 0 Å². The third kappa shape index (κ3) is 3.37. The SMILES string of the molecule is O=C(Nc1ccc(O)cc1)N1CCCCCC1. The largest absolute Gasteiger partial charge is 0.508 e. The van der Waals surface area contributed by atoms with Crippen LogP contribution in [-0.2, 0) is 0 Å². The van der Waals surface area contributed by atoms with E-state index in [0.717, 1.165) is 31.6 Å². The number of likely N-dealkylation sites (tertiary alicyclic amines) is 1. The lowest BCUT2D eigenvalue weighted by molar-refractivity contribution is 0.214. The van der Waals surface area contributed by atoms with Gasteiger partial charge in [0.1, 0.15) is 5.75 Å². The standard InChI is InChI=1S/C13H18N2O2/c16-12-7-5-11(6-8-12)14-13(17)15-9-3-1-2-4-10-15/h5-8,16H,1-4,9-10H2,(H,14,17). The molecule has 0 saturated carbocycles. The summed E-state index contributed by atoms with van der Waals surface area (Å²) in [5, 5.41) is 12.0. The van der Waals surface area contributed by atoms with Gasteiger partial charge in [0.05, 0.1) is 0 Å². The number of phenols is 1. The molecule has 0 unspecified atom stereocenters. The molecule has 1 aromatic carbocycles. The van der Waals surface area contributed by atoms with E-state index < -0.39 is 0 Å². The van der Waals surface area contributed by atoms with Gasteiger partial charge in [0, 0.05) is 18.8 Å². The van der Waals surface area contributed by atoms with Crippen LogP contribution < -0.4 is 5.32 Å². The van der Waals surface area contributed by atoms with Crippen LogP contribution in [0.3, 0.4) is 0 Å². The number of urea groups is 1. The Bertz CT molecular complexity index is 368. The summed E-state index contributed by atoms with van der Waals surface area (Å²) in [6, 6.07) is 6.49. The number of carbonyl (C=O) groups excluding carboxylic acids is 1. The number of nitrogens with zero attached hydrogens (tertiary/aromatic N) is 1. The van der Waals surface area contributed by atoms with E-state index in [0.29, 0.717) is 0 Å². The quantitative estimate of drug-likeness (QED) is 0.734. The van der Waals surface area contributed by atoms with Gasteiger partial charge in [0.25, 0.3) is 0 Å². The number of anilines is 1. The fourth-order valence-electron chi connectivity index (χ4n) is 2.02. The molecule has 17 heavy (non-hydrogen) atoms. The second kappa shape index (κ2) is 5.57. The van der Waals surface area contributed by atoms with E-state index >= 15 is 0 Å². The molecule has 2 rings (SSSR count). The zero-order valence-electron chi connectivity index (χ0n) is 9.85. The van der Waals surface area contributed by atoms with Gasteiger partial charge in [-0.05, 0) is 37.1 Å². The molecule has 0 spiro atoms. The summed E-state index contributed by atoms with van der Waals surface area (Å²) in [5.41, 5.74) is 0.719. The maximum atomic E-state index is 12.0. The molecule has 1 saturated heterocycles. The van der Waals surface area contributed by atoms with E-state index in [9.17, 15) is 4.79 Å². The van der Waals surface area contributed by atoms with Crippen molar-refractivity contribution < 1.29 is 9.90 Å². The highest BCUT2D eigenvalue weighted by Gasteiger charge is 2.15. The second-order valence-electron chi connectivity index (χ2n) is 4.38. The molecule has 1 aliphatic heterocycles. The minimum absolute atomic E-state index is 0.0439. The fourth-order valence-corrected chi connectivity index (χ4v) is 2.02. The Morgan fingerprint density at radius 2 is 1.65 bits per heavy atom. The number of phenolic OH excluding ortho intramolecular Hbond substituents is 1. The Kier molecular flexibility index (Phi) is 3.85. The molecule has 1 fully saturated rings. The zero-order valence-corrected chi connectivity index (χ0v) is 9.85. The smallest absolute Gasteiger partial charge is 0.321 e. The number of rotatable bonds is 1. The van der Waals surface area contributed by atoms with Crippen LogP contribution in [0.5, 0.6) is 5.75 Å². The average Bonchev–Trinajstić information content (AvgIpc) is 2.61. The van der Waals surface area contributed by atoms with Crippen molar-refractivity contribution in [2.45, 2.75) is 25.7 Å². The normalized spacial score (nSPS) is 16.4. The van der Waals surface area contributed by atoms with Gasteiger partial charge in [-0.1, -0.05) is 12.8 Å². The van der Waals surface area contributed by atoms with Crippen LogP contribution in [0.25, 0.3) is 0 Å². The second-order valence-corrected chi connectivity index (χ2v) is 4.38. The third-order valence-corrected chi connectivity index (χ3v) is 3.01.